The number of hydrogen-bond acceptors (Lipinski definition) is 1. The fraction of sp³-hybridized carbons (Fsp3) is 0.0357. The fourth-order valence-corrected chi connectivity index (χ4v) is 3.81. The molecule has 0 radical (unpaired) electrons. The lowest BCUT2D eigenvalue weighted by Crippen LogP contribution is -2.27. The Balaban J connectivity index is 2.01. The van der Waals surface area contributed by atoms with E-state index in [1.807, 2.05) is 121 Å². The molecule has 0 atom stereocenters. The first kappa shape index (κ1) is 19.9. The van der Waals surface area contributed by atoms with Crippen LogP contribution in [-0.2, 0) is 5.60 Å². The van der Waals surface area contributed by atoms with Gasteiger partial charge >= 0.3 is 0 Å². The summed E-state index contributed by atoms with van der Waals surface area (Å²) in [6.07, 6.45) is 0. The van der Waals surface area contributed by atoms with Crippen molar-refractivity contribution in [1.29, 1.82) is 0 Å². The third-order valence-corrected chi connectivity index (χ3v) is 5.43. The Morgan fingerprint density at radius 1 is 0.567 bits per heavy atom. The molecule has 0 aromatic heterocycles. The predicted molar refractivity (Wildman–Crippen MR) is 124 cm³/mol. The van der Waals surface area contributed by atoms with Crippen molar-refractivity contribution < 1.29 is 5.11 Å². The fourth-order valence-electron chi connectivity index (χ4n) is 3.50. The minimum atomic E-state index is -1.51. The van der Waals surface area contributed by atoms with Gasteiger partial charge in [0.1, 0.15) is 5.03 Å². The molecule has 4 rings (SSSR count). The summed E-state index contributed by atoms with van der Waals surface area (Å²) in [7, 11) is 0. The highest BCUT2D eigenvalue weighted by Gasteiger charge is 2.35. The second kappa shape index (κ2) is 8.98. The Bertz CT molecular complexity index is 1080. The summed E-state index contributed by atoms with van der Waals surface area (Å²) in [5, 5.41) is 12.1. The number of benzene rings is 4. The maximum absolute atomic E-state index is 11.9. The van der Waals surface area contributed by atoms with Gasteiger partial charge in [-0.05, 0) is 22.3 Å². The lowest BCUT2D eigenvalue weighted by molar-refractivity contribution is 0.129. The number of halogens is 1. The summed E-state index contributed by atoms with van der Waals surface area (Å²) in [5.74, 6) is 0. The molecule has 0 aliphatic carbocycles. The molecule has 0 saturated heterocycles. The van der Waals surface area contributed by atoms with Gasteiger partial charge in [0.25, 0.3) is 0 Å². The zero-order chi connectivity index (χ0) is 20.8. The van der Waals surface area contributed by atoms with E-state index in [-0.39, 0.29) is 5.03 Å². The molecule has 0 amide bonds. The standard InChI is InChI=1S/C28H21ClO/c29-27(21-26(22-13-5-1-6-14-22)23-15-7-2-8-16-23)28(30,24-17-9-3-10-18-24)25-19-11-4-12-20-25/h1-20,30H. The van der Waals surface area contributed by atoms with Crippen LogP contribution in [0.1, 0.15) is 22.3 Å². The quantitative estimate of drug-likeness (QED) is 0.361. The Hall–Kier alpha value is -3.35. The number of hydrogen-bond donors (Lipinski definition) is 1. The van der Waals surface area contributed by atoms with Crippen molar-refractivity contribution in [3.8, 4) is 0 Å². The van der Waals surface area contributed by atoms with Crippen LogP contribution < -0.4 is 0 Å². The SMILES string of the molecule is OC(C(Cl)=C=C(c1ccccc1)c1ccccc1)(c1ccccc1)c1ccccc1. The Kier molecular flexibility index (Phi) is 5.97. The minimum Gasteiger partial charge on any atom is -0.374 e. The molecule has 0 unspecified atom stereocenters. The molecule has 0 spiro atoms. The molecular formula is C28H21ClO. The molecule has 30 heavy (non-hydrogen) atoms. The van der Waals surface area contributed by atoms with E-state index in [4.69, 9.17) is 11.6 Å². The first-order valence-corrected chi connectivity index (χ1v) is 10.2. The normalized spacial score (nSPS) is 10.9. The predicted octanol–water partition coefficient (Wildman–Crippen LogP) is 6.78. The number of rotatable bonds is 5. The van der Waals surface area contributed by atoms with E-state index >= 15 is 0 Å². The summed E-state index contributed by atoms with van der Waals surface area (Å²) in [6.45, 7) is 0. The van der Waals surface area contributed by atoms with Gasteiger partial charge < -0.3 is 5.11 Å². The highest BCUT2D eigenvalue weighted by Crippen LogP contribution is 2.39. The van der Waals surface area contributed by atoms with Gasteiger partial charge in [0.2, 0.25) is 0 Å². The molecule has 0 bridgehead atoms. The largest absolute Gasteiger partial charge is 0.374 e. The van der Waals surface area contributed by atoms with Crippen LogP contribution in [0.4, 0.5) is 0 Å². The molecule has 146 valence electrons. The van der Waals surface area contributed by atoms with Crippen molar-refractivity contribution in [3.05, 3.63) is 154 Å². The Morgan fingerprint density at radius 2 is 0.900 bits per heavy atom. The van der Waals surface area contributed by atoms with Crippen LogP contribution in [0.3, 0.4) is 0 Å². The van der Waals surface area contributed by atoms with Gasteiger partial charge in [-0.1, -0.05) is 139 Å². The molecule has 4 aromatic rings. The van der Waals surface area contributed by atoms with Crippen LogP contribution in [0.2, 0.25) is 0 Å². The van der Waals surface area contributed by atoms with E-state index in [0.29, 0.717) is 11.1 Å². The smallest absolute Gasteiger partial charge is 0.158 e. The molecule has 0 fully saturated rings. The first-order chi connectivity index (χ1) is 14.7. The summed E-state index contributed by atoms with van der Waals surface area (Å²) in [4.78, 5) is 0. The average molecular weight is 409 g/mol. The Morgan fingerprint density at radius 3 is 1.27 bits per heavy atom. The topological polar surface area (TPSA) is 20.2 Å². The number of aliphatic hydroxyl groups is 1. The van der Waals surface area contributed by atoms with Crippen molar-refractivity contribution in [2.75, 3.05) is 0 Å². The van der Waals surface area contributed by atoms with E-state index < -0.39 is 5.60 Å². The summed E-state index contributed by atoms with van der Waals surface area (Å²) in [6, 6.07) is 38.9. The third kappa shape index (κ3) is 4.01. The van der Waals surface area contributed by atoms with Crippen LogP contribution in [0.15, 0.2) is 132 Å². The summed E-state index contributed by atoms with van der Waals surface area (Å²) < 4.78 is 0. The van der Waals surface area contributed by atoms with Crippen LogP contribution in [0.5, 0.6) is 0 Å². The molecule has 4 aromatic carbocycles. The van der Waals surface area contributed by atoms with Crippen molar-refractivity contribution in [2.24, 2.45) is 0 Å². The zero-order valence-electron chi connectivity index (χ0n) is 16.4. The molecule has 0 aliphatic heterocycles. The van der Waals surface area contributed by atoms with Crippen LogP contribution in [-0.4, -0.2) is 5.11 Å². The zero-order valence-corrected chi connectivity index (χ0v) is 17.1. The van der Waals surface area contributed by atoms with E-state index in [1.165, 1.54) is 0 Å². The summed E-state index contributed by atoms with van der Waals surface area (Å²) >= 11 is 6.89. The van der Waals surface area contributed by atoms with Crippen molar-refractivity contribution in [3.63, 3.8) is 0 Å². The van der Waals surface area contributed by atoms with Crippen LogP contribution >= 0.6 is 11.6 Å². The molecule has 1 nitrogen and oxygen atoms in total. The molecular weight excluding hydrogens is 388 g/mol. The second-order valence-electron chi connectivity index (χ2n) is 6.99. The van der Waals surface area contributed by atoms with Gasteiger partial charge in [0.05, 0.1) is 0 Å². The molecule has 0 saturated carbocycles. The van der Waals surface area contributed by atoms with Gasteiger partial charge in [-0.3, -0.25) is 0 Å². The summed E-state index contributed by atoms with van der Waals surface area (Å²) in [5.41, 5.74) is 5.98. The van der Waals surface area contributed by atoms with Gasteiger partial charge in [-0.25, -0.2) is 0 Å². The van der Waals surface area contributed by atoms with Gasteiger partial charge in [0, 0.05) is 5.57 Å². The van der Waals surface area contributed by atoms with Crippen LogP contribution in [0.25, 0.3) is 5.57 Å². The molecule has 1 N–H and O–H groups in total. The lowest BCUT2D eigenvalue weighted by Gasteiger charge is -2.28. The van der Waals surface area contributed by atoms with Crippen molar-refractivity contribution >= 4 is 17.2 Å². The second-order valence-corrected chi connectivity index (χ2v) is 7.37. The third-order valence-electron chi connectivity index (χ3n) is 5.06. The van der Waals surface area contributed by atoms with Crippen molar-refractivity contribution in [1.82, 2.24) is 0 Å². The Labute approximate surface area is 182 Å². The van der Waals surface area contributed by atoms with E-state index in [2.05, 4.69) is 5.73 Å². The van der Waals surface area contributed by atoms with E-state index in [9.17, 15) is 5.11 Å². The maximum Gasteiger partial charge on any atom is 0.158 e. The van der Waals surface area contributed by atoms with Gasteiger partial charge in [0.15, 0.2) is 5.60 Å². The maximum atomic E-state index is 11.9. The van der Waals surface area contributed by atoms with Crippen LogP contribution in [0, 0.1) is 0 Å². The molecule has 0 heterocycles. The van der Waals surface area contributed by atoms with Crippen molar-refractivity contribution in [2.45, 2.75) is 5.60 Å². The monoisotopic (exact) mass is 408 g/mol. The van der Waals surface area contributed by atoms with Gasteiger partial charge in [-0.2, -0.15) is 0 Å². The average Bonchev–Trinajstić information content (AvgIpc) is 2.84. The highest BCUT2D eigenvalue weighted by atomic mass is 35.5. The van der Waals surface area contributed by atoms with E-state index in [0.717, 1.165) is 16.7 Å². The van der Waals surface area contributed by atoms with Gasteiger partial charge in [-0.15, -0.1) is 0 Å². The molecule has 2 heteroatoms. The minimum absolute atomic E-state index is 0.211. The first-order valence-electron chi connectivity index (χ1n) is 9.81. The lowest BCUT2D eigenvalue weighted by atomic mass is 9.85. The van der Waals surface area contributed by atoms with E-state index in [1.54, 1.807) is 0 Å². The molecule has 0 aliphatic rings. The highest BCUT2D eigenvalue weighted by molar-refractivity contribution is 6.31.